The molecule has 2 aromatic rings. The van der Waals surface area contributed by atoms with E-state index in [0.717, 1.165) is 30.3 Å². The predicted octanol–water partition coefficient (Wildman–Crippen LogP) is 3.99. The van der Waals surface area contributed by atoms with Crippen LogP contribution in [0.25, 0.3) is 10.9 Å². The van der Waals surface area contributed by atoms with E-state index < -0.39 is 0 Å². The van der Waals surface area contributed by atoms with Crippen LogP contribution in [0.2, 0.25) is 0 Å². The summed E-state index contributed by atoms with van der Waals surface area (Å²) in [5.41, 5.74) is 1.15. The van der Waals surface area contributed by atoms with Crippen molar-refractivity contribution in [2.75, 3.05) is 0 Å². The Morgan fingerprint density at radius 1 is 1.28 bits per heavy atom. The molecule has 4 nitrogen and oxygen atoms in total. The average Bonchev–Trinajstić information content (AvgIpc) is 2.78. The molecule has 2 rings (SSSR count). The van der Waals surface area contributed by atoms with Crippen LogP contribution in [0.4, 0.5) is 5.69 Å². The number of nitro groups is 1. The molecule has 0 fully saturated rings. The molecule has 0 radical (unpaired) electrons. The second-order valence-corrected chi connectivity index (χ2v) is 4.62. The van der Waals surface area contributed by atoms with E-state index in [1.165, 1.54) is 0 Å². The van der Waals surface area contributed by atoms with Gasteiger partial charge in [0.15, 0.2) is 0 Å². The molecule has 1 heterocycles. The fourth-order valence-electron chi connectivity index (χ4n) is 2.35. The first-order chi connectivity index (χ1) is 8.67. The molecule has 0 aliphatic rings. The van der Waals surface area contributed by atoms with Gasteiger partial charge in [-0.1, -0.05) is 32.8 Å². The molecule has 0 unspecified atom stereocenters. The van der Waals surface area contributed by atoms with Crippen molar-refractivity contribution in [3.63, 3.8) is 0 Å². The Kier molecular flexibility index (Phi) is 3.65. The minimum Gasteiger partial charge on any atom is -0.347 e. The molecule has 1 aromatic carbocycles. The van der Waals surface area contributed by atoms with Gasteiger partial charge in [-0.2, -0.15) is 0 Å². The van der Waals surface area contributed by atoms with Gasteiger partial charge >= 0.3 is 0 Å². The van der Waals surface area contributed by atoms with Crippen molar-refractivity contribution < 1.29 is 4.92 Å². The van der Waals surface area contributed by atoms with E-state index in [2.05, 4.69) is 18.4 Å². The lowest BCUT2D eigenvalue weighted by atomic mass is 10.0. The van der Waals surface area contributed by atoms with Gasteiger partial charge in [-0.25, -0.2) is 0 Å². The van der Waals surface area contributed by atoms with Gasteiger partial charge in [0.2, 0.25) is 0 Å². The van der Waals surface area contributed by atoms with Crippen LogP contribution in [-0.2, 0) is 6.54 Å². The Labute approximate surface area is 106 Å². The van der Waals surface area contributed by atoms with Gasteiger partial charge in [0.05, 0.1) is 15.8 Å². The quantitative estimate of drug-likeness (QED) is 0.591. The van der Waals surface area contributed by atoms with Crippen LogP contribution in [0.15, 0.2) is 30.5 Å². The van der Waals surface area contributed by atoms with Gasteiger partial charge in [0.25, 0.3) is 5.69 Å². The number of hydrogen-bond acceptors (Lipinski definition) is 2. The summed E-state index contributed by atoms with van der Waals surface area (Å²) < 4.78 is 2.12. The number of nitrogens with zero attached hydrogens (tertiary/aromatic N) is 2. The van der Waals surface area contributed by atoms with Gasteiger partial charge in [-0.3, -0.25) is 10.1 Å². The first-order valence-corrected chi connectivity index (χ1v) is 6.39. The Balaban J connectivity index is 2.42. The molecule has 0 spiro atoms. The maximum Gasteiger partial charge on any atom is 0.278 e. The predicted molar refractivity (Wildman–Crippen MR) is 72.7 cm³/mol. The van der Waals surface area contributed by atoms with E-state index in [0.29, 0.717) is 5.92 Å². The molecule has 0 N–H and O–H groups in total. The zero-order chi connectivity index (χ0) is 13.1. The van der Waals surface area contributed by atoms with Crippen molar-refractivity contribution in [2.45, 2.75) is 33.2 Å². The molecule has 0 bridgehead atoms. The summed E-state index contributed by atoms with van der Waals surface area (Å²) in [5.74, 6) is 0.625. The van der Waals surface area contributed by atoms with Crippen LogP contribution in [0.5, 0.6) is 0 Å². The summed E-state index contributed by atoms with van der Waals surface area (Å²) in [7, 11) is 0. The van der Waals surface area contributed by atoms with Crippen LogP contribution < -0.4 is 0 Å². The number of benzene rings is 1. The number of hydrogen-bond donors (Lipinski definition) is 0. The molecule has 0 atom stereocenters. The van der Waals surface area contributed by atoms with Gasteiger partial charge in [-0.15, -0.1) is 0 Å². The fourth-order valence-corrected chi connectivity index (χ4v) is 2.35. The Morgan fingerprint density at radius 2 is 2.00 bits per heavy atom. The minimum atomic E-state index is -0.316. The van der Waals surface area contributed by atoms with E-state index in [-0.39, 0.29) is 10.6 Å². The van der Waals surface area contributed by atoms with Crippen LogP contribution in [0, 0.1) is 16.0 Å². The zero-order valence-electron chi connectivity index (χ0n) is 10.8. The van der Waals surface area contributed by atoms with Crippen molar-refractivity contribution in [1.29, 1.82) is 0 Å². The molecular formula is C14H18N2O2. The fraction of sp³-hybridized carbons (Fsp3) is 0.429. The zero-order valence-corrected chi connectivity index (χ0v) is 10.8. The molecule has 4 heteroatoms. The summed E-state index contributed by atoms with van der Waals surface area (Å²) in [4.78, 5) is 10.6. The molecule has 0 aliphatic carbocycles. The third kappa shape index (κ3) is 2.23. The molecule has 1 aromatic heterocycles. The number of aromatic nitrogens is 1. The van der Waals surface area contributed by atoms with E-state index in [4.69, 9.17) is 0 Å². The summed E-state index contributed by atoms with van der Waals surface area (Å²) in [6.07, 6.45) is 4.21. The summed E-state index contributed by atoms with van der Waals surface area (Å²) in [6.45, 7) is 5.29. The number of fused-ring (bicyclic) bond motifs is 1. The van der Waals surface area contributed by atoms with Crippen molar-refractivity contribution in [2.24, 2.45) is 5.92 Å². The second-order valence-electron chi connectivity index (χ2n) is 4.62. The van der Waals surface area contributed by atoms with Gasteiger partial charge in [0, 0.05) is 18.8 Å². The SMILES string of the molecule is CCC(CC)Cn1ccc2c([N+](=O)[O-])cccc21. The van der Waals surface area contributed by atoms with Crippen molar-refractivity contribution in [3.05, 3.63) is 40.6 Å². The highest BCUT2D eigenvalue weighted by molar-refractivity contribution is 5.89. The van der Waals surface area contributed by atoms with Crippen molar-refractivity contribution in [3.8, 4) is 0 Å². The van der Waals surface area contributed by atoms with E-state index in [1.54, 1.807) is 12.1 Å². The third-order valence-electron chi connectivity index (χ3n) is 3.60. The lowest BCUT2D eigenvalue weighted by molar-refractivity contribution is -0.383. The Bertz CT molecular complexity index is 556. The maximum atomic E-state index is 11.0. The maximum absolute atomic E-state index is 11.0. The summed E-state index contributed by atoms with van der Waals surface area (Å²) >= 11 is 0. The minimum absolute atomic E-state index is 0.191. The highest BCUT2D eigenvalue weighted by atomic mass is 16.6. The van der Waals surface area contributed by atoms with Gasteiger partial charge in [0.1, 0.15) is 0 Å². The van der Waals surface area contributed by atoms with E-state index in [1.807, 2.05) is 18.3 Å². The highest BCUT2D eigenvalue weighted by Gasteiger charge is 2.14. The standard InChI is InChI=1S/C14H18N2O2/c1-3-11(4-2)10-15-9-8-12-13(15)6-5-7-14(12)16(17)18/h5-9,11H,3-4,10H2,1-2H3. The summed E-state index contributed by atoms with van der Waals surface area (Å²) in [5, 5.41) is 11.7. The largest absolute Gasteiger partial charge is 0.347 e. The molecule has 0 aliphatic heterocycles. The lowest BCUT2D eigenvalue weighted by Gasteiger charge is -2.14. The smallest absolute Gasteiger partial charge is 0.278 e. The number of rotatable bonds is 5. The van der Waals surface area contributed by atoms with Crippen molar-refractivity contribution >= 4 is 16.6 Å². The van der Waals surface area contributed by atoms with Crippen LogP contribution >= 0.6 is 0 Å². The average molecular weight is 246 g/mol. The second kappa shape index (κ2) is 5.21. The summed E-state index contributed by atoms with van der Waals surface area (Å²) in [6, 6.07) is 7.11. The first-order valence-electron chi connectivity index (χ1n) is 6.39. The number of non-ortho nitro benzene ring substituents is 1. The first kappa shape index (κ1) is 12.6. The Morgan fingerprint density at radius 3 is 2.61 bits per heavy atom. The number of nitro benzene ring substituents is 1. The third-order valence-corrected chi connectivity index (χ3v) is 3.60. The molecule has 18 heavy (non-hydrogen) atoms. The topological polar surface area (TPSA) is 48.1 Å². The van der Waals surface area contributed by atoms with E-state index in [9.17, 15) is 10.1 Å². The van der Waals surface area contributed by atoms with Crippen molar-refractivity contribution in [1.82, 2.24) is 4.57 Å². The molecular weight excluding hydrogens is 228 g/mol. The molecule has 0 saturated carbocycles. The van der Waals surface area contributed by atoms with Gasteiger partial charge < -0.3 is 4.57 Å². The lowest BCUT2D eigenvalue weighted by Crippen LogP contribution is -2.07. The monoisotopic (exact) mass is 246 g/mol. The normalized spacial score (nSPS) is 11.3. The molecule has 0 amide bonds. The molecule has 96 valence electrons. The molecule has 0 saturated heterocycles. The van der Waals surface area contributed by atoms with Crippen LogP contribution in [-0.4, -0.2) is 9.49 Å². The van der Waals surface area contributed by atoms with Crippen LogP contribution in [0.3, 0.4) is 0 Å². The van der Waals surface area contributed by atoms with E-state index >= 15 is 0 Å². The van der Waals surface area contributed by atoms with Crippen LogP contribution in [0.1, 0.15) is 26.7 Å². The van der Waals surface area contributed by atoms with Gasteiger partial charge in [-0.05, 0) is 18.1 Å². The highest BCUT2D eigenvalue weighted by Crippen LogP contribution is 2.27. The Hall–Kier alpha value is -1.84.